The lowest BCUT2D eigenvalue weighted by Gasteiger charge is -2.29. The average molecular weight is 319 g/mol. The van der Waals surface area contributed by atoms with Gasteiger partial charge in [0.2, 0.25) is 11.9 Å². The van der Waals surface area contributed by atoms with E-state index in [2.05, 4.69) is 20.2 Å². The molecule has 128 valence electrons. The minimum absolute atomic E-state index is 0.233. The summed E-state index contributed by atoms with van der Waals surface area (Å²) in [5, 5.41) is 3.25. The molecule has 0 aromatic carbocycles. The normalized spacial score (nSPS) is 17.1. The van der Waals surface area contributed by atoms with Gasteiger partial charge >= 0.3 is 0 Å². The maximum absolute atomic E-state index is 11.7. The van der Waals surface area contributed by atoms with Gasteiger partial charge in [-0.2, -0.15) is 0 Å². The van der Waals surface area contributed by atoms with Crippen LogP contribution in [0.5, 0.6) is 0 Å². The maximum Gasteiger partial charge on any atom is 0.235 e. The molecule has 2 heterocycles. The van der Waals surface area contributed by atoms with Crippen LogP contribution in [0.2, 0.25) is 0 Å². The fourth-order valence-corrected chi connectivity index (χ4v) is 2.98. The zero-order chi connectivity index (χ0) is 17.0. The van der Waals surface area contributed by atoms with Crippen LogP contribution in [0.25, 0.3) is 0 Å². The molecule has 0 radical (unpaired) electrons. The van der Waals surface area contributed by atoms with Gasteiger partial charge in [-0.3, -0.25) is 10.1 Å². The Morgan fingerprint density at radius 1 is 1.30 bits per heavy atom. The molecule has 2 rings (SSSR count). The van der Waals surface area contributed by atoms with Crippen LogP contribution in [-0.2, 0) is 11.3 Å². The number of carbonyl (C=O) groups excluding carboxylic acids is 1. The molecule has 0 bridgehead atoms. The minimum Gasteiger partial charge on any atom is -0.368 e. The number of aryl methyl sites for hydroxylation is 1. The van der Waals surface area contributed by atoms with E-state index in [4.69, 9.17) is 5.73 Å². The van der Waals surface area contributed by atoms with E-state index in [9.17, 15) is 4.79 Å². The van der Waals surface area contributed by atoms with Gasteiger partial charge in [0.25, 0.3) is 0 Å². The number of rotatable bonds is 5. The summed E-state index contributed by atoms with van der Waals surface area (Å²) in [6.45, 7) is 10.5. The van der Waals surface area contributed by atoms with Gasteiger partial charge in [0.15, 0.2) is 0 Å². The van der Waals surface area contributed by atoms with Crippen LogP contribution in [0.3, 0.4) is 0 Å². The van der Waals surface area contributed by atoms with E-state index in [0.29, 0.717) is 6.54 Å². The summed E-state index contributed by atoms with van der Waals surface area (Å²) in [6, 6.07) is 1.57. The second-order valence-corrected chi connectivity index (χ2v) is 7.43. The van der Waals surface area contributed by atoms with Gasteiger partial charge in [-0.15, -0.1) is 0 Å². The van der Waals surface area contributed by atoms with Gasteiger partial charge < -0.3 is 10.6 Å². The van der Waals surface area contributed by atoms with Crippen LogP contribution >= 0.6 is 0 Å². The second kappa shape index (κ2) is 7.25. The molecule has 1 aliphatic heterocycles. The number of aromatic nitrogens is 2. The highest BCUT2D eigenvalue weighted by Gasteiger charge is 2.29. The summed E-state index contributed by atoms with van der Waals surface area (Å²) in [7, 11) is 0. The highest BCUT2D eigenvalue weighted by molar-refractivity contribution is 5.80. The monoisotopic (exact) mass is 319 g/mol. The van der Waals surface area contributed by atoms with Gasteiger partial charge in [-0.1, -0.05) is 20.8 Å². The van der Waals surface area contributed by atoms with Crippen molar-refractivity contribution < 1.29 is 4.79 Å². The molecule has 6 heteroatoms. The number of nitrogens with two attached hydrogens (primary N) is 1. The Kier molecular flexibility index (Phi) is 5.57. The van der Waals surface area contributed by atoms with Gasteiger partial charge in [0, 0.05) is 25.3 Å². The largest absolute Gasteiger partial charge is 0.368 e. The first kappa shape index (κ1) is 17.7. The van der Waals surface area contributed by atoms with Crippen molar-refractivity contribution in [1.82, 2.24) is 15.3 Å². The van der Waals surface area contributed by atoms with Crippen molar-refractivity contribution in [2.24, 2.45) is 11.1 Å². The Labute approximate surface area is 138 Å². The van der Waals surface area contributed by atoms with Crippen LogP contribution in [0, 0.1) is 12.3 Å². The molecule has 1 aromatic rings. The number of hydrogen-bond donors (Lipinski definition) is 2. The number of amides is 1. The van der Waals surface area contributed by atoms with Crippen molar-refractivity contribution in [1.29, 1.82) is 0 Å². The molecule has 0 unspecified atom stereocenters. The topological polar surface area (TPSA) is 84.1 Å². The van der Waals surface area contributed by atoms with Gasteiger partial charge in [-0.25, -0.2) is 9.97 Å². The molecule has 1 aromatic heterocycles. The summed E-state index contributed by atoms with van der Waals surface area (Å²) in [6.07, 6.45) is 3.67. The molecule has 1 fully saturated rings. The van der Waals surface area contributed by atoms with Gasteiger partial charge in [0.05, 0.1) is 11.7 Å². The maximum atomic E-state index is 11.7. The van der Waals surface area contributed by atoms with Crippen molar-refractivity contribution >= 4 is 11.9 Å². The first-order chi connectivity index (χ1) is 10.8. The second-order valence-electron chi connectivity index (χ2n) is 7.43. The molecular weight excluding hydrogens is 290 g/mol. The Hall–Kier alpha value is -1.69. The minimum atomic E-state index is -0.392. The van der Waals surface area contributed by atoms with Gasteiger partial charge in [0.1, 0.15) is 0 Å². The highest BCUT2D eigenvalue weighted by atomic mass is 16.1. The standard InChI is InChI=1S/C17H29N5O/c1-12-10-13(11-19-14(15(18)23)17(2,3)4)21-16(20-12)22-8-6-5-7-9-22/h10,14,19H,5-9,11H2,1-4H3,(H2,18,23)/t14-/m0/s1. The van der Waals surface area contributed by atoms with Crippen LogP contribution in [0.4, 0.5) is 5.95 Å². The van der Waals surface area contributed by atoms with Crippen molar-refractivity contribution in [2.45, 2.75) is 59.5 Å². The lowest BCUT2D eigenvalue weighted by Crippen LogP contribution is -2.49. The third kappa shape index (κ3) is 4.89. The number of piperidine rings is 1. The van der Waals surface area contributed by atoms with E-state index >= 15 is 0 Å². The quantitative estimate of drug-likeness (QED) is 0.864. The third-order valence-electron chi connectivity index (χ3n) is 4.17. The summed E-state index contributed by atoms with van der Waals surface area (Å²) >= 11 is 0. The molecule has 0 spiro atoms. The Morgan fingerprint density at radius 2 is 1.96 bits per heavy atom. The summed E-state index contributed by atoms with van der Waals surface area (Å²) < 4.78 is 0. The van der Waals surface area contributed by atoms with E-state index in [1.807, 2.05) is 33.8 Å². The van der Waals surface area contributed by atoms with E-state index in [-0.39, 0.29) is 11.3 Å². The molecule has 1 aliphatic rings. The predicted molar refractivity (Wildman–Crippen MR) is 92.1 cm³/mol. The first-order valence-corrected chi connectivity index (χ1v) is 8.39. The van der Waals surface area contributed by atoms with E-state index in [0.717, 1.165) is 30.4 Å². The number of hydrogen-bond acceptors (Lipinski definition) is 5. The van der Waals surface area contributed by atoms with Crippen molar-refractivity contribution in [3.63, 3.8) is 0 Å². The molecular formula is C17H29N5O. The number of nitrogens with one attached hydrogen (secondary N) is 1. The van der Waals surface area contributed by atoms with E-state index in [1.165, 1.54) is 19.3 Å². The lowest BCUT2D eigenvalue weighted by molar-refractivity contribution is -0.122. The van der Waals surface area contributed by atoms with Crippen molar-refractivity contribution in [3.8, 4) is 0 Å². The number of anilines is 1. The summed E-state index contributed by atoms with van der Waals surface area (Å²) in [4.78, 5) is 23.1. The van der Waals surface area contributed by atoms with Crippen molar-refractivity contribution in [3.05, 3.63) is 17.5 Å². The van der Waals surface area contributed by atoms with Crippen LogP contribution in [0.15, 0.2) is 6.07 Å². The zero-order valence-corrected chi connectivity index (χ0v) is 14.7. The van der Waals surface area contributed by atoms with Crippen LogP contribution in [-0.4, -0.2) is 35.0 Å². The predicted octanol–water partition coefficient (Wildman–Crippen LogP) is 1.76. The van der Waals surface area contributed by atoms with Crippen LogP contribution < -0.4 is 16.0 Å². The molecule has 1 saturated heterocycles. The SMILES string of the molecule is Cc1cc(CN[C@@H](C(N)=O)C(C)(C)C)nc(N2CCCCC2)n1. The number of carbonyl (C=O) groups is 1. The Morgan fingerprint density at radius 3 is 2.52 bits per heavy atom. The number of primary amides is 1. The number of nitrogens with zero attached hydrogens (tertiary/aromatic N) is 3. The molecule has 3 N–H and O–H groups in total. The smallest absolute Gasteiger partial charge is 0.235 e. The lowest BCUT2D eigenvalue weighted by atomic mass is 9.86. The Bertz CT molecular complexity index is 546. The third-order valence-corrected chi connectivity index (χ3v) is 4.17. The molecule has 1 amide bonds. The Balaban J connectivity index is 2.10. The fourth-order valence-electron chi connectivity index (χ4n) is 2.98. The molecule has 6 nitrogen and oxygen atoms in total. The zero-order valence-electron chi connectivity index (χ0n) is 14.7. The molecule has 23 heavy (non-hydrogen) atoms. The molecule has 0 saturated carbocycles. The van der Waals surface area contributed by atoms with Gasteiger partial charge in [-0.05, 0) is 37.7 Å². The molecule has 0 aliphatic carbocycles. The van der Waals surface area contributed by atoms with Crippen molar-refractivity contribution in [2.75, 3.05) is 18.0 Å². The van der Waals surface area contributed by atoms with E-state index < -0.39 is 6.04 Å². The average Bonchev–Trinajstić information content (AvgIpc) is 2.46. The summed E-state index contributed by atoms with van der Waals surface area (Å²) in [5.74, 6) is 0.465. The highest BCUT2D eigenvalue weighted by Crippen LogP contribution is 2.20. The first-order valence-electron chi connectivity index (χ1n) is 8.39. The fraction of sp³-hybridized carbons (Fsp3) is 0.706. The van der Waals surface area contributed by atoms with E-state index in [1.54, 1.807) is 0 Å². The van der Waals surface area contributed by atoms with Crippen LogP contribution in [0.1, 0.15) is 51.4 Å². The molecule has 1 atom stereocenters. The summed E-state index contributed by atoms with van der Waals surface area (Å²) in [5.41, 5.74) is 7.13.